The van der Waals surface area contributed by atoms with Crippen molar-refractivity contribution in [2.45, 2.75) is 64.0 Å². The smallest absolute Gasteiger partial charge is 0.243 e. The van der Waals surface area contributed by atoms with Crippen molar-refractivity contribution in [2.75, 3.05) is 26.3 Å². The van der Waals surface area contributed by atoms with Crippen LogP contribution in [-0.4, -0.2) is 48.2 Å². The van der Waals surface area contributed by atoms with Gasteiger partial charge in [-0.05, 0) is 33.6 Å². The second kappa shape index (κ2) is 5.80. The molecule has 4 heteroatoms. The predicted octanol–water partition coefficient (Wildman–Crippen LogP) is 1.94. The summed E-state index contributed by atoms with van der Waals surface area (Å²) in [6.45, 7) is 9.29. The average Bonchev–Trinajstić information content (AvgIpc) is 2.38. The number of ether oxygens (including phenoxy) is 1. The first kappa shape index (κ1) is 14.8. The van der Waals surface area contributed by atoms with Gasteiger partial charge in [0.05, 0.1) is 18.8 Å². The minimum absolute atomic E-state index is 0.0285. The van der Waals surface area contributed by atoms with Crippen LogP contribution in [-0.2, 0) is 9.53 Å². The molecule has 1 heterocycles. The summed E-state index contributed by atoms with van der Waals surface area (Å²) in [7, 11) is 0. The highest BCUT2D eigenvalue weighted by Crippen LogP contribution is 2.32. The van der Waals surface area contributed by atoms with Crippen LogP contribution < -0.4 is 5.32 Å². The van der Waals surface area contributed by atoms with Gasteiger partial charge in [0.25, 0.3) is 0 Å². The summed E-state index contributed by atoms with van der Waals surface area (Å²) < 4.78 is 5.36. The van der Waals surface area contributed by atoms with Crippen LogP contribution in [0.1, 0.15) is 52.9 Å². The maximum absolute atomic E-state index is 13.0. The number of nitrogens with zero attached hydrogens (tertiary/aromatic N) is 1. The Morgan fingerprint density at radius 3 is 2.21 bits per heavy atom. The van der Waals surface area contributed by atoms with Crippen molar-refractivity contribution in [1.82, 2.24) is 10.2 Å². The van der Waals surface area contributed by atoms with E-state index in [0.717, 1.165) is 38.8 Å². The molecule has 0 radical (unpaired) electrons. The molecule has 1 saturated carbocycles. The molecule has 0 spiro atoms. The van der Waals surface area contributed by atoms with E-state index < -0.39 is 0 Å². The van der Waals surface area contributed by atoms with E-state index in [1.54, 1.807) is 0 Å². The number of carbonyl (C=O) groups is 1. The third-order valence-electron chi connectivity index (χ3n) is 4.03. The number of nitrogens with one attached hydrogen (secondary N) is 1. The Kier molecular flexibility index (Phi) is 4.51. The lowest BCUT2D eigenvalue weighted by Crippen LogP contribution is -2.64. The van der Waals surface area contributed by atoms with Gasteiger partial charge in [-0.3, -0.25) is 10.1 Å². The van der Waals surface area contributed by atoms with Crippen LogP contribution in [0.15, 0.2) is 0 Å². The molecule has 0 atom stereocenters. The maximum Gasteiger partial charge on any atom is 0.243 e. The molecule has 1 N–H and O–H groups in total. The normalized spacial score (nSPS) is 24.3. The highest BCUT2D eigenvalue weighted by atomic mass is 16.5. The highest BCUT2D eigenvalue weighted by molar-refractivity contribution is 5.86. The first-order chi connectivity index (χ1) is 8.93. The molecule has 1 aliphatic carbocycles. The topological polar surface area (TPSA) is 41.6 Å². The lowest BCUT2D eigenvalue weighted by atomic mass is 9.78. The summed E-state index contributed by atoms with van der Waals surface area (Å²) in [6, 6.07) is 0. The van der Waals surface area contributed by atoms with Gasteiger partial charge in [0, 0.05) is 18.6 Å². The van der Waals surface area contributed by atoms with Crippen LogP contribution in [0.25, 0.3) is 0 Å². The van der Waals surface area contributed by atoms with Crippen LogP contribution >= 0.6 is 0 Å². The van der Waals surface area contributed by atoms with Gasteiger partial charge in [-0.2, -0.15) is 0 Å². The quantitative estimate of drug-likeness (QED) is 0.832. The standard InChI is InChI=1S/C15H28N2O2/c1-14(2,3)16-15(7-5-4-6-8-15)13(18)17-9-11-19-12-10-17/h16H,4-12H2,1-3H3. The Hall–Kier alpha value is -0.610. The molecule has 0 unspecified atom stereocenters. The molecule has 110 valence electrons. The summed E-state index contributed by atoms with van der Waals surface area (Å²) >= 11 is 0. The number of amides is 1. The van der Waals surface area contributed by atoms with Crippen molar-refractivity contribution >= 4 is 5.91 Å². The summed E-state index contributed by atoms with van der Waals surface area (Å²) in [5.74, 6) is 0.297. The SMILES string of the molecule is CC(C)(C)NC1(C(=O)N2CCOCC2)CCCCC1. The predicted molar refractivity (Wildman–Crippen MR) is 76.1 cm³/mol. The minimum atomic E-state index is -0.339. The number of rotatable bonds is 2. The van der Waals surface area contributed by atoms with Crippen LogP contribution in [0.2, 0.25) is 0 Å². The lowest BCUT2D eigenvalue weighted by molar-refractivity contribution is -0.145. The Balaban J connectivity index is 2.13. The van der Waals surface area contributed by atoms with Gasteiger partial charge in [0.2, 0.25) is 5.91 Å². The molecular weight excluding hydrogens is 240 g/mol. The average molecular weight is 268 g/mol. The van der Waals surface area contributed by atoms with E-state index in [1.165, 1.54) is 6.42 Å². The molecule has 2 fully saturated rings. The second-order valence-electron chi connectivity index (χ2n) is 6.92. The van der Waals surface area contributed by atoms with E-state index in [4.69, 9.17) is 4.74 Å². The summed E-state index contributed by atoms with van der Waals surface area (Å²) in [4.78, 5) is 15.0. The Morgan fingerprint density at radius 1 is 1.11 bits per heavy atom. The molecule has 2 rings (SSSR count). The summed E-state index contributed by atoms with van der Waals surface area (Å²) in [5.41, 5.74) is -0.368. The number of hydrogen-bond acceptors (Lipinski definition) is 3. The van der Waals surface area contributed by atoms with Gasteiger partial charge in [-0.1, -0.05) is 19.3 Å². The third kappa shape index (κ3) is 3.69. The second-order valence-corrected chi connectivity index (χ2v) is 6.92. The lowest BCUT2D eigenvalue weighted by Gasteiger charge is -2.45. The summed E-state index contributed by atoms with van der Waals surface area (Å²) in [6.07, 6.45) is 5.50. The molecule has 0 aromatic rings. The van der Waals surface area contributed by atoms with Crippen LogP contribution in [0, 0.1) is 0 Å². The molecule has 1 amide bonds. The molecule has 0 aromatic heterocycles. The van der Waals surface area contributed by atoms with Crippen LogP contribution in [0.5, 0.6) is 0 Å². The van der Waals surface area contributed by atoms with Crippen LogP contribution in [0.3, 0.4) is 0 Å². The zero-order valence-corrected chi connectivity index (χ0v) is 12.6. The molecule has 1 saturated heterocycles. The van der Waals surface area contributed by atoms with Gasteiger partial charge in [-0.15, -0.1) is 0 Å². The van der Waals surface area contributed by atoms with Gasteiger partial charge >= 0.3 is 0 Å². The largest absolute Gasteiger partial charge is 0.378 e. The van der Waals surface area contributed by atoms with Crippen molar-refractivity contribution in [3.05, 3.63) is 0 Å². The fourth-order valence-electron chi connectivity index (χ4n) is 3.33. The molecule has 19 heavy (non-hydrogen) atoms. The van der Waals surface area contributed by atoms with Gasteiger partial charge in [-0.25, -0.2) is 0 Å². The van der Waals surface area contributed by atoms with Gasteiger partial charge in [0.1, 0.15) is 0 Å². The van der Waals surface area contributed by atoms with Crippen molar-refractivity contribution in [1.29, 1.82) is 0 Å². The molecule has 4 nitrogen and oxygen atoms in total. The first-order valence-corrected chi connectivity index (χ1v) is 7.59. The molecule has 1 aliphatic heterocycles. The van der Waals surface area contributed by atoms with E-state index in [9.17, 15) is 4.79 Å². The van der Waals surface area contributed by atoms with Crippen molar-refractivity contribution in [3.8, 4) is 0 Å². The van der Waals surface area contributed by atoms with Gasteiger partial charge in [0.15, 0.2) is 0 Å². The number of hydrogen-bond donors (Lipinski definition) is 1. The Morgan fingerprint density at radius 2 is 1.68 bits per heavy atom. The molecular formula is C15H28N2O2. The zero-order valence-electron chi connectivity index (χ0n) is 12.6. The van der Waals surface area contributed by atoms with Crippen molar-refractivity contribution in [3.63, 3.8) is 0 Å². The Labute approximate surface area is 116 Å². The van der Waals surface area contributed by atoms with E-state index in [0.29, 0.717) is 19.1 Å². The summed E-state index contributed by atoms with van der Waals surface area (Å²) in [5, 5.41) is 3.64. The molecule has 0 bridgehead atoms. The van der Waals surface area contributed by atoms with Crippen LogP contribution in [0.4, 0.5) is 0 Å². The minimum Gasteiger partial charge on any atom is -0.378 e. The van der Waals surface area contributed by atoms with Crippen molar-refractivity contribution < 1.29 is 9.53 Å². The highest BCUT2D eigenvalue weighted by Gasteiger charge is 2.44. The fourth-order valence-corrected chi connectivity index (χ4v) is 3.33. The third-order valence-corrected chi connectivity index (χ3v) is 4.03. The number of carbonyl (C=O) groups excluding carboxylic acids is 1. The van der Waals surface area contributed by atoms with Gasteiger partial charge < -0.3 is 9.64 Å². The fraction of sp³-hybridized carbons (Fsp3) is 0.933. The molecule has 2 aliphatic rings. The van der Waals surface area contributed by atoms with E-state index >= 15 is 0 Å². The van der Waals surface area contributed by atoms with Crippen molar-refractivity contribution in [2.24, 2.45) is 0 Å². The van der Waals surface area contributed by atoms with E-state index in [1.807, 2.05) is 4.90 Å². The molecule has 0 aromatic carbocycles. The maximum atomic E-state index is 13.0. The zero-order chi connectivity index (χ0) is 13.9. The van der Waals surface area contributed by atoms with E-state index in [2.05, 4.69) is 26.1 Å². The van der Waals surface area contributed by atoms with E-state index in [-0.39, 0.29) is 11.1 Å². The first-order valence-electron chi connectivity index (χ1n) is 7.59. The number of morpholine rings is 1. The Bertz CT molecular complexity index is 311. The monoisotopic (exact) mass is 268 g/mol.